The Balaban J connectivity index is 2.72. The van der Waals surface area contributed by atoms with Crippen LogP contribution < -0.4 is 0 Å². The molecule has 0 spiro atoms. The molecular formula is C6H2F6S2. The highest BCUT2D eigenvalue weighted by Crippen LogP contribution is 2.47. The molecule has 0 aromatic carbocycles. The molecule has 1 rings (SSSR count). The Labute approximate surface area is 83.4 Å². The molecule has 0 nitrogen and oxygen atoms in total. The topological polar surface area (TPSA) is 0 Å². The van der Waals surface area contributed by atoms with Crippen molar-refractivity contribution in [3.8, 4) is 0 Å². The first-order valence-corrected chi connectivity index (χ1v) is 4.85. The molecule has 1 heterocycles. The van der Waals surface area contributed by atoms with E-state index in [1.54, 1.807) is 0 Å². The van der Waals surface area contributed by atoms with Gasteiger partial charge in [0.2, 0.25) is 0 Å². The fourth-order valence-corrected chi connectivity index (χ4v) is 2.29. The normalized spacial score (nSPS) is 19.0. The molecule has 0 fully saturated rings. The van der Waals surface area contributed by atoms with Gasteiger partial charge in [-0.3, -0.25) is 0 Å². The van der Waals surface area contributed by atoms with Crippen molar-refractivity contribution in [1.29, 1.82) is 0 Å². The van der Waals surface area contributed by atoms with Crippen LogP contribution >= 0.6 is 23.5 Å². The molecule has 80 valence electrons. The second-order valence-corrected chi connectivity index (χ2v) is 4.02. The van der Waals surface area contributed by atoms with Gasteiger partial charge >= 0.3 is 12.4 Å². The highest BCUT2D eigenvalue weighted by molar-refractivity contribution is 8.12. The van der Waals surface area contributed by atoms with Crippen LogP contribution in [0.1, 0.15) is 0 Å². The zero-order chi connectivity index (χ0) is 11.0. The lowest BCUT2D eigenvalue weighted by Gasteiger charge is -2.16. The van der Waals surface area contributed by atoms with Gasteiger partial charge < -0.3 is 0 Å². The van der Waals surface area contributed by atoms with E-state index < -0.39 is 22.2 Å². The van der Waals surface area contributed by atoms with Gasteiger partial charge in [-0.15, -0.1) is 0 Å². The van der Waals surface area contributed by atoms with Crippen LogP contribution in [0.15, 0.2) is 20.6 Å². The standard InChI is InChI=1S/C6H2F6S2/c7-5(8,9)3-1-13-4(2-14-3)6(10,11)12/h1-2H. The number of alkyl halides is 6. The molecule has 1 aliphatic rings. The van der Waals surface area contributed by atoms with Crippen LogP contribution in [0.5, 0.6) is 0 Å². The Morgan fingerprint density at radius 3 is 1.14 bits per heavy atom. The monoisotopic (exact) mass is 252 g/mol. The first kappa shape index (κ1) is 11.8. The quantitative estimate of drug-likeness (QED) is 0.590. The van der Waals surface area contributed by atoms with Gasteiger partial charge in [-0.2, -0.15) is 26.3 Å². The molecule has 0 aromatic heterocycles. The summed E-state index contributed by atoms with van der Waals surface area (Å²) in [4.78, 5) is -2.06. The van der Waals surface area contributed by atoms with E-state index in [9.17, 15) is 26.3 Å². The summed E-state index contributed by atoms with van der Waals surface area (Å²) in [6.45, 7) is 0. The van der Waals surface area contributed by atoms with Crippen LogP contribution in [0.3, 0.4) is 0 Å². The lowest BCUT2D eigenvalue weighted by atomic mass is 10.6. The predicted octanol–water partition coefficient (Wildman–Crippen LogP) is 4.27. The molecule has 0 N–H and O–H groups in total. The summed E-state index contributed by atoms with van der Waals surface area (Å²) in [5.74, 6) is 0. The lowest BCUT2D eigenvalue weighted by molar-refractivity contribution is -0.0857. The third-order valence-electron chi connectivity index (χ3n) is 1.14. The molecule has 0 radical (unpaired) electrons. The minimum Gasteiger partial charge on any atom is -0.166 e. The molecule has 0 saturated heterocycles. The Kier molecular flexibility index (Phi) is 3.15. The molecule has 0 aromatic rings. The zero-order valence-corrected chi connectivity index (χ0v) is 7.87. The third-order valence-corrected chi connectivity index (χ3v) is 3.36. The second kappa shape index (κ2) is 3.73. The summed E-state index contributed by atoms with van der Waals surface area (Å²) >= 11 is 0.0767. The maximum absolute atomic E-state index is 12.0. The number of allylic oxidation sites excluding steroid dienone is 2. The molecule has 0 unspecified atom stereocenters. The first-order chi connectivity index (χ1) is 6.21. The number of hydrogen-bond donors (Lipinski definition) is 0. The number of thioether (sulfide) groups is 2. The van der Waals surface area contributed by atoms with E-state index in [4.69, 9.17) is 0 Å². The van der Waals surface area contributed by atoms with Gasteiger partial charge in [0.15, 0.2) is 0 Å². The molecule has 0 aliphatic carbocycles. The van der Waals surface area contributed by atoms with Crippen molar-refractivity contribution in [2.45, 2.75) is 12.4 Å². The molecule has 8 heteroatoms. The smallest absolute Gasteiger partial charge is 0.166 e. The number of rotatable bonds is 0. The van der Waals surface area contributed by atoms with Crippen molar-refractivity contribution in [1.82, 2.24) is 0 Å². The van der Waals surface area contributed by atoms with Crippen LogP contribution in [-0.4, -0.2) is 12.4 Å². The van der Waals surface area contributed by atoms with Crippen LogP contribution in [-0.2, 0) is 0 Å². The summed E-state index contributed by atoms with van der Waals surface area (Å²) < 4.78 is 71.7. The minimum atomic E-state index is -4.58. The summed E-state index contributed by atoms with van der Waals surface area (Å²) in [5.41, 5.74) is 0. The summed E-state index contributed by atoms with van der Waals surface area (Å²) in [6.07, 6.45) is -9.16. The molecule has 0 amide bonds. The van der Waals surface area contributed by atoms with Crippen molar-refractivity contribution in [3.63, 3.8) is 0 Å². The van der Waals surface area contributed by atoms with Crippen LogP contribution in [0.2, 0.25) is 0 Å². The van der Waals surface area contributed by atoms with Gasteiger partial charge in [0.25, 0.3) is 0 Å². The SMILES string of the molecule is FC(F)(F)C1=CSC(C(F)(F)F)=CS1. The Bertz CT molecular complexity index is 254. The highest BCUT2D eigenvalue weighted by atomic mass is 32.2. The maximum Gasteiger partial charge on any atom is 0.423 e. The third kappa shape index (κ3) is 2.88. The van der Waals surface area contributed by atoms with Crippen molar-refractivity contribution in [2.75, 3.05) is 0 Å². The van der Waals surface area contributed by atoms with Gasteiger partial charge in [0.05, 0.1) is 9.81 Å². The van der Waals surface area contributed by atoms with Crippen LogP contribution in [0.25, 0.3) is 0 Å². The van der Waals surface area contributed by atoms with Crippen LogP contribution in [0.4, 0.5) is 26.3 Å². The lowest BCUT2D eigenvalue weighted by Crippen LogP contribution is -2.13. The Morgan fingerprint density at radius 2 is 1.00 bits per heavy atom. The predicted molar refractivity (Wildman–Crippen MR) is 43.5 cm³/mol. The fraction of sp³-hybridized carbons (Fsp3) is 0.333. The molecule has 0 bridgehead atoms. The number of halogens is 6. The van der Waals surface area contributed by atoms with E-state index in [-0.39, 0.29) is 23.5 Å². The van der Waals surface area contributed by atoms with E-state index in [1.165, 1.54) is 0 Å². The Morgan fingerprint density at radius 1 is 0.714 bits per heavy atom. The Hall–Kier alpha value is -0.240. The van der Waals surface area contributed by atoms with Crippen molar-refractivity contribution < 1.29 is 26.3 Å². The summed E-state index contributed by atoms with van der Waals surface area (Å²) in [5, 5.41) is 0.932. The average molecular weight is 252 g/mol. The summed E-state index contributed by atoms with van der Waals surface area (Å²) in [6, 6.07) is 0. The molecule has 1 aliphatic heterocycles. The van der Waals surface area contributed by atoms with Crippen molar-refractivity contribution in [3.05, 3.63) is 20.6 Å². The van der Waals surface area contributed by atoms with Crippen molar-refractivity contribution in [2.24, 2.45) is 0 Å². The molecule has 0 saturated carbocycles. The number of hydrogen-bond acceptors (Lipinski definition) is 2. The largest absolute Gasteiger partial charge is 0.423 e. The van der Waals surface area contributed by atoms with Crippen molar-refractivity contribution >= 4 is 23.5 Å². The van der Waals surface area contributed by atoms with Gasteiger partial charge in [0.1, 0.15) is 0 Å². The fourth-order valence-electron chi connectivity index (χ4n) is 0.557. The van der Waals surface area contributed by atoms with Gasteiger partial charge in [0, 0.05) is 0 Å². The average Bonchev–Trinajstić information content (AvgIpc) is 2.01. The molecular weight excluding hydrogens is 250 g/mol. The first-order valence-electron chi connectivity index (χ1n) is 3.09. The molecule has 14 heavy (non-hydrogen) atoms. The van der Waals surface area contributed by atoms with Gasteiger partial charge in [-0.1, -0.05) is 23.5 Å². The minimum absolute atomic E-state index is 0.0384. The van der Waals surface area contributed by atoms with E-state index in [2.05, 4.69) is 0 Å². The van der Waals surface area contributed by atoms with Gasteiger partial charge in [-0.05, 0) is 10.8 Å². The molecule has 0 atom stereocenters. The van der Waals surface area contributed by atoms with E-state index in [0.29, 0.717) is 10.8 Å². The zero-order valence-electron chi connectivity index (χ0n) is 6.24. The van der Waals surface area contributed by atoms with E-state index >= 15 is 0 Å². The second-order valence-electron chi connectivity index (χ2n) is 2.20. The summed E-state index contributed by atoms with van der Waals surface area (Å²) in [7, 11) is 0. The van der Waals surface area contributed by atoms with E-state index in [0.717, 1.165) is 0 Å². The highest BCUT2D eigenvalue weighted by Gasteiger charge is 2.40. The van der Waals surface area contributed by atoms with Gasteiger partial charge in [-0.25, -0.2) is 0 Å². The van der Waals surface area contributed by atoms with E-state index in [1.807, 2.05) is 0 Å². The van der Waals surface area contributed by atoms with Crippen LogP contribution in [0, 0.1) is 0 Å². The maximum atomic E-state index is 12.0.